The van der Waals surface area contributed by atoms with Gasteiger partial charge in [-0.1, -0.05) is 37.4 Å². The van der Waals surface area contributed by atoms with Crippen molar-refractivity contribution in [1.82, 2.24) is 5.32 Å². The molecule has 1 heterocycles. The number of rotatable bonds is 4. The number of nitrogens with one attached hydrogen (secondary N) is 1. The van der Waals surface area contributed by atoms with Crippen molar-refractivity contribution in [1.29, 1.82) is 0 Å². The minimum atomic E-state index is 0.246. The Labute approximate surface area is 110 Å². The third-order valence-corrected chi connectivity index (χ3v) is 4.82. The van der Waals surface area contributed by atoms with E-state index in [1.165, 1.54) is 55.9 Å². The van der Waals surface area contributed by atoms with Gasteiger partial charge in [0.15, 0.2) is 5.17 Å². The summed E-state index contributed by atoms with van der Waals surface area (Å²) in [4.78, 5) is 4.71. The van der Waals surface area contributed by atoms with Crippen LogP contribution >= 0.6 is 11.8 Å². The molecule has 0 unspecified atom stereocenters. The van der Waals surface area contributed by atoms with E-state index in [9.17, 15) is 0 Å². The van der Waals surface area contributed by atoms with E-state index in [1.54, 1.807) is 0 Å². The quantitative estimate of drug-likeness (QED) is 0.771. The molecular formula is C14H26N2S. The van der Waals surface area contributed by atoms with Crippen LogP contribution < -0.4 is 5.32 Å². The molecule has 0 radical (unpaired) electrons. The second-order valence-electron chi connectivity index (χ2n) is 6.09. The van der Waals surface area contributed by atoms with Crippen LogP contribution in [0.3, 0.4) is 0 Å². The molecule has 98 valence electrons. The van der Waals surface area contributed by atoms with Crippen LogP contribution in [-0.4, -0.2) is 23.0 Å². The maximum Gasteiger partial charge on any atom is 0.156 e. The molecule has 0 spiro atoms. The van der Waals surface area contributed by atoms with Crippen molar-refractivity contribution in [2.75, 3.05) is 12.3 Å². The molecule has 2 fully saturated rings. The smallest absolute Gasteiger partial charge is 0.156 e. The van der Waals surface area contributed by atoms with Gasteiger partial charge in [-0.3, -0.25) is 4.99 Å². The van der Waals surface area contributed by atoms with Crippen LogP contribution in [0.4, 0.5) is 0 Å². The highest BCUT2D eigenvalue weighted by Gasteiger charge is 2.23. The molecule has 1 N–H and O–H groups in total. The van der Waals surface area contributed by atoms with E-state index in [2.05, 4.69) is 19.2 Å². The molecule has 0 aromatic carbocycles. The highest BCUT2D eigenvalue weighted by atomic mass is 32.2. The van der Waals surface area contributed by atoms with Crippen molar-refractivity contribution in [3.05, 3.63) is 0 Å². The number of hydrogen-bond donors (Lipinski definition) is 1. The fourth-order valence-electron chi connectivity index (χ4n) is 2.74. The van der Waals surface area contributed by atoms with Crippen LogP contribution in [0.1, 0.15) is 58.8 Å². The minimum Gasteiger partial charge on any atom is -0.360 e. The second-order valence-corrected chi connectivity index (χ2v) is 7.17. The van der Waals surface area contributed by atoms with Crippen molar-refractivity contribution >= 4 is 16.9 Å². The summed E-state index contributed by atoms with van der Waals surface area (Å²) in [6.07, 6.45) is 9.77. The SMILES string of the molecule is CC1(C)CCSC(=NCCCC2CCCC2)N1. The largest absolute Gasteiger partial charge is 0.360 e. The summed E-state index contributed by atoms with van der Waals surface area (Å²) in [6, 6.07) is 0. The number of nitrogens with zero attached hydrogens (tertiary/aromatic N) is 1. The molecule has 0 atom stereocenters. The number of amidine groups is 1. The van der Waals surface area contributed by atoms with Crippen molar-refractivity contribution in [3.63, 3.8) is 0 Å². The van der Waals surface area contributed by atoms with Crippen LogP contribution in [-0.2, 0) is 0 Å². The van der Waals surface area contributed by atoms with Gasteiger partial charge in [0.25, 0.3) is 0 Å². The lowest BCUT2D eigenvalue weighted by molar-refractivity contribution is 0.445. The summed E-state index contributed by atoms with van der Waals surface area (Å²) >= 11 is 1.89. The number of thioether (sulfide) groups is 1. The molecular weight excluding hydrogens is 228 g/mol. The Morgan fingerprint density at radius 2 is 2.12 bits per heavy atom. The predicted molar refractivity (Wildman–Crippen MR) is 77.8 cm³/mol. The number of hydrogen-bond acceptors (Lipinski definition) is 2. The van der Waals surface area contributed by atoms with E-state index in [0.29, 0.717) is 0 Å². The summed E-state index contributed by atoms with van der Waals surface area (Å²) in [6.45, 7) is 5.55. The highest BCUT2D eigenvalue weighted by Crippen LogP contribution is 2.28. The molecule has 0 bridgehead atoms. The van der Waals surface area contributed by atoms with Gasteiger partial charge < -0.3 is 5.32 Å². The highest BCUT2D eigenvalue weighted by molar-refractivity contribution is 8.13. The molecule has 2 aliphatic rings. The Morgan fingerprint density at radius 3 is 2.82 bits per heavy atom. The van der Waals surface area contributed by atoms with Crippen molar-refractivity contribution in [2.45, 2.75) is 64.3 Å². The zero-order chi connectivity index (χ0) is 12.1. The molecule has 3 heteroatoms. The van der Waals surface area contributed by atoms with Crippen LogP contribution in [0.25, 0.3) is 0 Å². The first-order valence-electron chi connectivity index (χ1n) is 7.11. The molecule has 1 aliphatic carbocycles. The molecule has 0 amide bonds. The average Bonchev–Trinajstić information content (AvgIpc) is 2.76. The van der Waals surface area contributed by atoms with E-state index < -0.39 is 0 Å². The van der Waals surface area contributed by atoms with Crippen LogP contribution in [0.5, 0.6) is 0 Å². The zero-order valence-corrected chi connectivity index (χ0v) is 12.1. The van der Waals surface area contributed by atoms with Gasteiger partial charge in [0.1, 0.15) is 0 Å². The predicted octanol–water partition coefficient (Wildman–Crippen LogP) is 3.82. The lowest BCUT2D eigenvalue weighted by Gasteiger charge is -2.32. The first kappa shape index (κ1) is 13.3. The van der Waals surface area contributed by atoms with Crippen LogP contribution in [0.15, 0.2) is 4.99 Å². The van der Waals surface area contributed by atoms with Crippen molar-refractivity contribution in [3.8, 4) is 0 Å². The van der Waals surface area contributed by atoms with Gasteiger partial charge >= 0.3 is 0 Å². The first-order chi connectivity index (χ1) is 8.16. The molecule has 0 aromatic rings. The van der Waals surface area contributed by atoms with E-state index in [1.807, 2.05) is 11.8 Å². The fraction of sp³-hybridized carbons (Fsp3) is 0.929. The Hall–Kier alpha value is -0.180. The van der Waals surface area contributed by atoms with Gasteiger partial charge in [-0.15, -0.1) is 0 Å². The number of aliphatic imine (C=N–C) groups is 1. The van der Waals surface area contributed by atoms with E-state index >= 15 is 0 Å². The van der Waals surface area contributed by atoms with Crippen molar-refractivity contribution < 1.29 is 0 Å². The minimum absolute atomic E-state index is 0.246. The molecule has 17 heavy (non-hydrogen) atoms. The molecule has 1 saturated heterocycles. The summed E-state index contributed by atoms with van der Waals surface area (Å²) < 4.78 is 0. The standard InChI is InChI=1S/C14H26N2S/c1-14(2)9-11-17-13(16-14)15-10-5-8-12-6-3-4-7-12/h12H,3-11H2,1-2H3,(H,15,16). The molecule has 1 aliphatic heterocycles. The van der Waals surface area contributed by atoms with Gasteiger partial charge in [-0.25, -0.2) is 0 Å². The monoisotopic (exact) mass is 254 g/mol. The molecule has 2 nitrogen and oxygen atoms in total. The van der Waals surface area contributed by atoms with Crippen LogP contribution in [0.2, 0.25) is 0 Å². The molecule has 1 saturated carbocycles. The second kappa shape index (κ2) is 6.12. The summed E-state index contributed by atoms with van der Waals surface area (Å²) in [5, 5.41) is 4.71. The van der Waals surface area contributed by atoms with Gasteiger partial charge in [0.2, 0.25) is 0 Å². The van der Waals surface area contributed by atoms with Gasteiger partial charge in [0.05, 0.1) is 0 Å². The zero-order valence-electron chi connectivity index (χ0n) is 11.3. The Balaban J connectivity index is 1.65. The summed E-state index contributed by atoms with van der Waals surface area (Å²) in [7, 11) is 0. The first-order valence-corrected chi connectivity index (χ1v) is 8.10. The Kier molecular flexibility index (Phi) is 4.78. The maximum absolute atomic E-state index is 4.71. The maximum atomic E-state index is 4.71. The lowest BCUT2D eigenvalue weighted by Crippen LogP contribution is -2.46. The summed E-state index contributed by atoms with van der Waals surface area (Å²) in [5.74, 6) is 2.22. The van der Waals surface area contributed by atoms with Gasteiger partial charge in [-0.2, -0.15) is 0 Å². The lowest BCUT2D eigenvalue weighted by atomic mass is 10.0. The van der Waals surface area contributed by atoms with E-state index in [0.717, 1.165) is 12.5 Å². The van der Waals surface area contributed by atoms with Crippen molar-refractivity contribution in [2.24, 2.45) is 10.9 Å². The Morgan fingerprint density at radius 1 is 1.35 bits per heavy atom. The molecule has 0 aromatic heterocycles. The van der Waals surface area contributed by atoms with E-state index in [4.69, 9.17) is 4.99 Å². The Bertz CT molecular complexity index is 267. The summed E-state index contributed by atoms with van der Waals surface area (Å²) in [5.41, 5.74) is 0.246. The van der Waals surface area contributed by atoms with Crippen LogP contribution in [0, 0.1) is 5.92 Å². The topological polar surface area (TPSA) is 24.4 Å². The average molecular weight is 254 g/mol. The third-order valence-electron chi connectivity index (χ3n) is 3.91. The fourth-order valence-corrected chi connectivity index (χ4v) is 4.07. The van der Waals surface area contributed by atoms with E-state index in [-0.39, 0.29) is 5.54 Å². The van der Waals surface area contributed by atoms with Gasteiger partial charge in [0, 0.05) is 17.8 Å². The third kappa shape index (κ3) is 4.53. The molecule has 2 rings (SSSR count). The van der Waals surface area contributed by atoms with Gasteiger partial charge in [-0.05, 0) is 39.0 Å². The normalized spacial score (nSPS) is 27.3.